The van der Waals surface area contributed by atoms with Gasteiger partial charge in [-0.3, -0.25) is 4.79 Å². The molecule has 0 saturated heterocycles. The van der Waals surface area contributed by atoms with E-state index in [0.717, 1.165) is 17.1 Å². The summed E-state index contributed by atoms with van der Waals surface area (Å²) >= 11 is 1.51. The molecule has 0 aliphatic rings. The first kappa shape index (κ1) is 22.6. The molecule has 164 valence electrons. The van der Waals surface area contributed by atoms with Crippen LogP contribution in [0.4, 0.5) is 0 Å². The van der Waals surface area contributed by atoms with Gasteiger partial charge >= 0.3 is 0 Å². The highest BCUT2D eigenvalue weighted by atomic mass is 32.1. The number of para-hydroxylation sites is 1. The van der Waals surface area contributed by atoms with Crippen LogP contribution in [0.3, 0.4) is 0 Å². The number of benzene rings is 2. The fourth-order valence-electron chi connectivity index (χ4n) is 3.15. The summed E-state index contributed by atoms with van der Waals surface area (Å²) < 4.78 is 16.7. The highest BCUT2D eigenvalue weighted by Crippen LogP contribution is 2.37. The fourth-order valence-corrected chi connectivity index (χ4v) is 3.85. The summed E-state index contributed by atoms with van der Waals surface area (Å²) in [4.78, 5) is 19.6. The second-order valence-corrected chi connectivity index (χ2v) is 8.01. The number of rotatable bonds is 10. The van der Waals surface area contributed by atoms with Crippen LogP contribution in [-0.2, 0) is 13.2 Å². The van der Waals surface area contributed by atoms with Crippen molar-refractivity contribution in [3.63, 3.8) is 0 Å². The molecule has 1 amide bonds. The Hall–Kier alpha value is -3.06. The van der Waals surface area contributed by atoms with Crippen LogP contribution >= 0.6 is 11.3 Å². The summed E-state index contributed by atoms with van der Waals surface area (Å²) in [7, 11) is 3.19. The van der Waals surface area contributed by atoms with E-state index in [-0.39, 0.29) is 18.6 Å². The van der Waals surface area contributed by atoms with Crippen molar-refractivity contribution in [2.45, 2.75) is 39.5 Å². The average Bonchev–Trinajstić information content (AvgIpc) is 3.27. The molecule has 0 radical (unpaired) electrons. The van der Waals surface area contributed by atoms with Crippen molar-refractivity contribution in [3.05, 3.63) is 70.2 Å². The molecule has 0 aliphatic carbocycles. The van der Waals surface area contributed by atoms with Gasteiger partial charge in [0.05, 0.1) is 26.5 Å². The molecule has 6 nitrogen and oxygen atoms in total. The third-order valence-electron chi connectivity index (χ3n) is 5.06. The van der Waals surface area contributed by atoms with E-state index in [4.69, 9.17) is 14.2 Å². The van der Waals surface area contributed by atoms with Gasteiger partial charge in [-0.1, -0.05) is 31.2 Å². The molecule has 2 aromatic carbocycles. The summed E-state index contributed by atoms with van der Waals surface area (Å²) in [5.41, 5.74) is 1.53. The first-order valence-electron chi connectivity index (χ1n) is 10.2. The Morgan fingerprint density at radius 3 is 2.35 bits per heavy atom. The zero-order valence-electron chi connectivity index (χ0n) is 18.3. The number of amides is 1. The van der Waals surface area contributed by atoms with Crippen molar-refractivity contribution in [2.75, 3.05) is 14.2 Å². The summed E-state index contributed by atoms with van der Waals surface area (Å²) in [6, 6.07) is 15.0. The van der Waals surface area contributed by atoms with E-state index in [2.05, 4.69) is 18.8 Å². The molecule has 3 aromatic rings. The molecule has 0 spiro atoms. The zero-order valence-corrected chi connectivity index (χ0v) is 19.1. The Bertz CT molecular complexity index is 968. The van der Waals surface area contributed by atoms with E-state index < -0.39 is 0 Å². The van der Waals surface area contributed by atoms with E-state index in [9.17, 15) is 4.79 Å². The Labute approximate surface area is 187 Å². The molecular weight excluding hydrogens is 412 g/mol. The molecule has 1 atom stereocenters. The van der Waals surface area contributed by atoms with Crippen molar-refractivity contribution >= 4 is 17.2 Å². The highest BCUT2D eigenvalue weighted by molar-refractivity contribution is 7.09. The number of carbonyl (C=O) groups excluding carboxylic acids is 1. The summed E-state index contributed by atoms with van der Waals surface area (Å²) in [6.45, 7) is 4.89. The van der Waals surface area contributed by atoms with Gasteiger partial charge in [0.2, 0.25) is 5.75 Å². The third-order valence-corrected chi connectivity index (χ3v) is 5.93. The minimum atomic E-state index is 0.0134. The molecule has 0 bridgehead atoms. The van der Waals surface area contributed by atoms with Crippen LogP contribution in [0.15, 0.2) is 53.9 Å². The highest BCUT2D eigenvalue weighted by Gasteiger charge is 2.22. The molecule has 0 saturated carbocycles. The van der Waals surface area contributed by atoms with Crippen molar-refractivity contribution in [1.29, 1.82) is 0 Å². The number of ether oxygens (including phenoxy) is 3. The van der Waals surface area contributed by atoms with E-state index in [1.807, 2.05) is 58.8 Å². The van der Waals surface area contributed by atoms with Crippen LogP contribution in [0, 0.1) is 0 Å². The molecule has 0 aliphatic heterocycles. The SMILES string of the molecule is CC[C@H](C)N(Cc1csc(COc2c(OC)cccc2OC)n1)C(=O)c1ccccc1. The average molecular weight is 441 g/mol. The lowest BCUT2D eigenvalue weighted by Gasteiger charge is -2.28. The van der Waals surface area contributed by atoms with E-state index in [1.165, 1.54) is 11.3 Å². The number of aromatic nitrogens is 1. The predicted molar refractivity (Wildman–Crippen MR) is 122 cm³/mol. The van der Waals surface area contributed by atoms with Gasteiger partial charge in [-0.15, -0.1) is 11.3 Å². The second-order valence-electron chi connectivity index (χ2n) is 7.07. The van der Waals surface area contributed by atoms with Crippen LogP contribution in [0.2, 0.25) is 0 Å². The van der Waals surface area contributed by atoms with Crippen LogP contribution in [0.1, 0.15) is 41.3 Å². The summed E-state index contributed by atoms with van der Waals surface area (Å²) in [5.74, 6) is 1.77. The molecular formula is C24H28N2O4S. The van der Waals surface area contributed by atoms with E-state index in [0.29, 0.717) is 29.4 Å². The van der Waals surface area contributed by atoms with Crippen LogP contribution in [0.25, 0.3) is 0 Å². The maximum Gasteiger partial charge on any atom is 0.254 e. The molecule has 1 heterocycles. The zero-order chi connectivity index (χ0) is 22.2. The molecule has 0 unspecified atom stereocenters. The Kier molecular flexibility index (Phi) is 7.89. The van der Waals surface area contributed by atoms with Gasteiger partial charge in [-0.25, -0.2) is 4.98 Å². The van der Waals surface area contributed by atoms with Gasteiger partial charge in [0.25, 0.3) is 5.91 Å². The van der Waals surface area contributed by atoms with Crippen molar-refractivity contribution in [1.82, 2.24) is 9.88 Å². The lowest BCUT2D eigenvalue weighted by atomic mass is 10.1. The first-order chi connectivity index (χ1) is 15.1. The maximum atomic E-state index is 13.1. The van der Waals surface area contributed by atoms with Gasteiger partial charge in [0.15, 0.2) is 11.5 Å². The molecule has 31 heavy (non-hydrogen) atoms. The van der Waals surface area contributed by atoms with Gasteiger partial charge in [0, 0.05) is 17.0 Å². The van der Waals surface area contributed by atoms with Gasteiger partial charge in [-0.2, -0.15) is 0 Å². The van der Waals surface area contributed by atoms with Gasteiger partial charge in [-0.05, 0) is 37.6 Å². The van der Waals surface area contributed by atoms with Crippen molar-refractivity contribution in [3.8, 4) is 17.2 Å². The predicted octanol–water partition coefficient (Wildman–Crippen LogP) is 5.18. The number of methoxy groups -OCH3 is 2. The van der Waals surface area contributed by atoms with E-state index >= 15 is 0 Å². The number of carbonyl (C=O) groups is 1. The van der Waals surface area contributed by atoms with Crippen molar-refractivity contribution in [2.24, 2.45) is 0 Å². The fraction of sp³-hybridized carbons (Fsp3) is 0.333. The molecule has 0 fully saturated rings. The number of hydrogen-bond acceptors (Lipinski definition) is 6. The molecule has 1 aromatic heterocycles. The Morgan fingerprint density at radius 1 is 1.06 bits per heavy atom. The molecule has 0 N–H and O–H groups in total. The van der Waals surface area contributed by atoms with Gasteiger partial charge in [0.1, 0.15) is 11.6 Å². The van der Waals surface area contributed by atoms with Crippen molar-refractivity contribution < 1.29 is 19.0 Å². The third kappa shape index (κ3) is 5.55. The Balaban J connectivity index is 1.72. The standard InChI is InChI=1S/C24H28N2O4S/c1-5-17(2)26(24(27)18-10-7-6-8-11-18)14-19-16-31-22(25-19)15-30-23-20(28-3)12-9-13-21(23)29-4/h6-13,16-17H,5,14-15H2,1-4H3/t17-/m0/s1. The van der Waals surface area contributed by atoms with Gasteiger partial charge < -0.3 is 19.1 Å². The normalized spacial score (nSPS) is 11.6. The molecule has 3 rings (SSSR count). The van der Waals surface area contributed by atoms with E-state index in [1.54, 1.807) is 14.2 Å². The first-order valence-corrected chi connectivity index (χ1v) is 11.1. The molecule has 7 heteroatoms. The van der Waals surface area contributed by atoms with Crippen LogP contribution in [-0.4, -0.2) is 36.1 Å². The summed E-state index contributed by atoms with van der Waals surface area (Å²) in [5, 5.41) is 2.80. The number of thiazole rings is 1. The maximum absolute atomic E-state index is 13.1. The minimum absolute atomic E-state index is 0.0134. The lowest BCUT2D eigenvalue weighted by Crippen LogP contribution is -2.37. The second kappa shape index (κ2) is 10.8. The van der Waals surface area contributed by atoms with Crippen LogP contribution in [0.5, 0.6) is 17.2 Å². The lowest BCUT2D eigenvalue weighted by molar-refractivity contribution is 0.0669. The number of hydrogen-bond donors (Lipinski definition) is 0. The largest absolute Gasteiger partial charge is 0.493 e. The number of nitrogens with zero attached hydrogens (tertiary/aromatic N) is 2. The Morgan fingerprint density at radius 2 is 1.74 bits per heavy atom. The minimum Gasteiger partial charge on any atom is -0.493 e. The monoisotopic (exact) mass is 440 g/mol. The smallest absolute Gasteiger partial charge is 0.254 e. The quantitative estimate of drug-likeness (QED) is 0.435. The topological polar surface area (TPSA) is 60.9 Å². The summed E-state index contributed by atoms with van der Waals surface area (Å²) in [6.07, 6.45) is 0.867. The van der Waals surface area contributed by atoms with Crippen LogP contribution < -0.4 is 14.2 Å².